The average molecular weight is 533 g/mol. The zero-order valence-electron chi connectivity index (χ0n) is 18.8. The second-order valence-corrected chi connectivity index (χ2v) is 12.3. The molecule has 3 aromatic rings. The van der Waals surface area contributed by atoms with E-state index in [0.717, 1.165) is 46.0 Å². The number of carboxylic acid groups (broad SMARTS) is 1. The predicted octanol–water partition coefficient (Wildman–Crippen LogP) is 4.19. The molecule has 7 nitrogen and oxygen atoms in total. The SMILES string of the molecule is O=C(O)[C@@]1(NS(=O)(=O)c2ccc(-c3ccc(Cl)cc3)s2)C[C@@H]1c1ccccc1CN1CCOCC1. The van der Waals surface area contributed by atoms with Crippen molar-refractivity contribution < 1.29 is 23.1 Å². The largest absolute Gasteiger partial charge is 0.480 e. The summed E-state index contributed by atoms with van der Waals surface area (Å²) in [5.74, 6) is -1.61. The van der Waals surface area contributed by atoms with Gasteiger partial charge in [0.1, 0.15) is 9.75 Å². The molecule has 1 aliphatic carbocycles. The van der Waals surface area contributed by atoms with Crippen LogP contribution in [-0.2, 0) is 26.1 Å². The van der Waals surface area contributed by atoms with E-state index < -0.39 is 27.4 Å². The minimum Gasteiger partial charge on any atom is -0.480 e. The number of nitrogens with one attached hydrogen (secondary N) is 1. The summed E-state index contributed by atoms with van der Waals surface area (Å²) in [6.45, 7) is 3.63. The van der Waals surface area contributed by atoms with Gasteiger partial charge in [0.2, 0.25) is 0 Å². The monoisotopic (exact) mass is 532 g/mol. The van der Waals surface area contributed by atoms with Crippen molar-refractivity contribution in [2.75, 3.05) is 26.3 Å². The molecule has 1 saturated heterocycles. The van der Waals surface area contributed by atoms with Gasteiger partial charge in [0, 0.05) is 35.5 Å². The lowest BCUT2D eigenvalue weighted by Gasteiger charge is -2.27. The van der Waals surface area contributed by atoms with E-state index in [1.54, 1.807) is 18.2 Å². The van der Waals surface area contributed by atoms with E-state index >= 15 is 0 Å². The first kappa shape index (κ1) is 24.4. The van der Waals surface area contributed by atoms with Crippen molar-refractivity contribution in [2.45, 2.75) is 28.6 Å². The van der Waals surface area contributed by atoms with E-state index in [2.05, 4.69) is 9.62 Å². The van der Waals surface area contributed by atoms with Gasteiger partial charge >= 0.3 is 5.97 Å². The van der Waals surface area contributed by atoms with Crippen molar-refractivity contribution in [2.24, 2.45) is 0 Å². The molecule has 35 heavy (non-hydrogen) atoms. The summed E-state index contributed by atoms with van der Waals surface area (Å²) in [6, 6.07) is 18.0. The van der Waals surface area contributed by atoms with E-state index in [9.17, 15) is 18.3 Å². The molecule has 184 valence electrons. The molecule has 0 amide bonds. The fourth-order valence-electron chi connectivity index (χ4n) is 4.57. The molecular formula is C25H25ClN2O5S2. The molecule has 2 N–H and O–H groups in total. The first-order valence-corrected chi connectivity index (χ1v) is 14.0. The molecule has 10 heteroatoms. The molecule has 0 bridgehead atoms. The number of rotatable bonds is 8. The van der Waals surface area contributed by atoms with Crippen LogP contribution >= 0.6 is 22.9 Å². The number of morpholine rings is 1. The number of hydrogen-bond acceptors (Lipinski definition) is 6. The van der Waals surface area contributed by atoms with Crippen LogP contribution in [-0.4, -0.2) is 56.2 Å². The van der Waals surface area contributed by atoms with E-state index in [-0.39, 0.29) is 10.6 Å². The number of carbonyl (C=O) groups is 1. The van der Waals surface area contributed by atoms with Gasteiger partial charge in [-0.05, 0) is 47.4 Å². The molecule has 5 rings (SSSR count). The Morgan fingerprint density at radius 3 is 2.54 bits per heavy atom. The first-order valence-electron chi connectivity index (χ1n) is 11.3. The Balaban J connectivity index is 1.38. The Hall–Kier alpha value is -2.27. The fraction of sp³-hybridized carbons (Fsp3) is 0.320. The smallest absolute Gasteiger partial charge is 0.325 e. The van der Waals surface area contributed by atoms with Crippen LogP contribution in [0.4, 0.5) is 0 Å². The summed E-state index contributed by atoms with van der Waals surface area (Å²) in [6.07, 6.45) is 0.205. The molecule has 2 heterocycles. The highest BCUT2D eigenvalue weighted by molar-refractivity contribution is 7.91. The number of nitrogens with zero attached hydrogens (tertiary/aromatic N) is 1. The molecule has 1 aliphatic heterocycles. The molecule has 2 atom stereocenters. The second-order valence-electron chi connectivity index (χ2n) is 8.85. The molecule has 2 aromatic carbocycles. The number of benzene rings is 2. The van der Waals surface area contributed by atoms with E-state index in [1.165, 1.54) is 6.07 Å². The van der Waals surface area contributed by atoms with Crippen LogP contribution in [0.2, 0.25) is 5.02 Å². The third-order valence-corrected chi connectivity index (χ3v) is 9.95. The van der Waals surface area contributed by atoms with Crippen LogP contribution in [0.25, 0.3) is 10.4 Å². The molecule has 0 radical (unpaired) electrons. The van der Waals surface area contributed by atoms with Crippen LogP contribution in [0, 0.1) is 0 Å². The number of hydrogen-bond donors (Lipinski definition) is 2. The zero-order valence-corrected chi connectivity index (χ0v) is 21.2. The van der Waals surface area contributed by atoms with Crippen molar-refractivity contribution >= 4 is 38.9 Å². The molecular weight excluding hydrogens is 508 g/mol. The van der Waals surface area contributed by atoms with Crippen molar-refractivity contribution in [3.05, 3.63) is 76.8 Å². The van der Waals surface area contributed by atoms with Crippen LogP contribution in [0.1, 0.15) is 23.5 Å². The third kappa shape index (κ3) is 5.02. The summed E-state index contributed by atoms with van der Waals surface area (Å²) >= 11 is 7.05. The lowest BCUT2D eigenvalue weighted by molar-refractivity contribution is -0.140. The van der Waals surface area contributed by atoms with Crippen LogP contribution in [0.5, 0.6) is 0 Å². The standard InChI is InChI=1S/C25H25ClN2O5S2/c26-19-7-5-17(6-8-19)22-9-10-23(34-22)35(31,32)27-25(24(29)30)15-21(25)20-4-2-1-3-18(20)16-28-11-13-33-14-12-28/h1-10,21,27H,11-16H2,(H,29,30)/t21-,25-/m1/s1. The summed E-state index contributed by atoms with van der Waals surface area (Å²) in [5.41, 5.74) is 1.17. The molecule has 2 fully saturated rings. The van der Waals surface area contributed by atoms with Gasteiger partial charge in [0.25, 0.3) is 10.0 Å². The molecule has 1 saturated carbocycles. The average Bonchev–Trinajstić information content (AvgIpc) is 3.32. The van der Waals surface area contributed by atoms with Gasteiger partial charge in [-0.25, -0.2) is 8.42 Å². The number of halogens is 1. The summed E-state index contributed by atoms with van der Waals surface area (Å²) < 4.78 is 34.6. The Morgan fingerprint density at radius 2 is 1.83 bits per heavy atom. The summed E-state index contributed by atoms with van der Waals surface area (Å²) in [4.78, 5) is 15.4. The van der Waals surface area contributed by atoms with Crippen LogP contribution in [0.3, 0.4) is 0 Å². The van der Waals surface area contributed by atoms with Crippen molar-refractivity contribution in [1.29, 1.82) is 0 Å². The van der Waals surface area contributed by atoms with Crippen molar-refractivity contribution in [3.8, 4) is 10.4 Å². The Bertz CT molecular complexity index is 1340. The van der Waals surface area contributed by atoms with E-state index in [4.69, 9.17) is 16.3 Å². The van der Waals surface area contributed by atoms with Crippen LogP contribution in [0.15, 0.2) is 64.9 Å². The zero-order chi connectivity index (χ0) is 24.6. The van der Waals surface area contributed by atoms with Gasteiger partial charge in [-0.3, -0.25) is 9.69 Å². The summed E-state index contributed by atoms with van der Waals surface area (Å²) in [7, 11) is -4.04. The molecule has 0 spiro atoms. The predicted molar refractivity (Wildman–Crippen MR) is 135 cm³/mol. The maximum Gasteiger partial charge on any atom is 0.325 e. The van der Waals surface area contributed by atoms with E-state index in [0.29, 0.717) is 24.8 Å². The topological polar surface area (TPSA) is 95.9 Å². The maximum atomic E-state index is 13.3. The van der Waals surface area contributed by atoms with Gasteiger partial charge in [0.15, 0.2) is 0 Å². The van der Waals surface area contributed by atoms with Gasteiger partial charge in [-0.2, -0.15) is 4.72 Å². The molecule has 1 aromatic heterocycles. The van der Waals surface area contributed by atoms with Crippen LogP contribution < -0.4 is 4.72 Å². The van der Waals surface area contributed by atoms with Gasteiger partial charge in [-0.15, -0.1) is 11.3 Å². The lowest BCUT2D eigenvalue weighted by atomic mass is 9.99. The van der Waals surface area contributed by atoms with Gasteiger partial charge in [0.05, 0.1) is 13.2 Å². The highest BCUT2D eigenvalue weighted by Crippen LogP contribution is 2.53. The number of carboxylic acids is 1. The summed E-state index contributed by atoms with van der Waals surface area (Å²) in [5, 5.41) is 10.7. The highest BCUT2D eigenvalue weighted by atomic mass is 35.5. The quantitative estimate of drug-likeness (QED) is 0.451. The first-order chi connectivity index (χ1) is 16.8. The van der Waals surface area contributed by atoms with Crippen molar-refractivity contribution in [3.63, 3.8) is 0 Å². The lowest BCUT2D eigenvalue weighted by Crippen LogP contribution is -2.44. The Labute approximate surface area is 213 Å². The van der Waals surface area contributed by atoms with E-state index in [1.807, 2.05) is 36.4 Å². The Kier molecular flexibility index (Phi) is 6.73. The Morgan fingerprint density at radius 1 is 1.11 bits per heavy atom. The fourth-order valence-corrected chi connectivity index (χ4v) is 7.42. The number of ether oxygens (including phenoxy) is 1. The second kappa shape index (κ2) is 9.65. The highest BCUT2D eigenvalue weighted by Gasteiger charge is 2.63. The molecule has 0 unspecified atom stereocenters. The minimum atomic E-state index is -4.04. The maximum absolute atomic E-state index is 13.3. The minimum absolute atomic E-state index is 0.0790. The number of aliphatic carboxylic acids is 1. The van der Waals surface area contributed by atoms with Gasteiger partial charge < -0.3 is 9.84 Å². The normalized spacial score (nSPS) is 22.7. The van der Waals surface area contributed by atoms with Crippen molar-refractivity contribution in [1.82, 2.24) is 9.62 Å². The number of sulfonamides is 1. The third-order valence-electron chi connectivity index (χ3n) is 6.56. The van der Waals surface area contributed by atoms with Gasteiger partial charge in [-0.1, -0.05) is 48.0 Å². The molecule has 2 aliphatic rings. The number of thiophene rings is 1.